The van der Waals surface area contributed by atoms with Crippen LogP contribution in [0.1, 0.15) is 43.7 Å². The second-order valence-electron chi connectivity index (χ2n) is 7.38. The van der Waals surface area contributed by atoms with Gasteiger partial charge in [0.25, 0.3) is 0 Å². The zero-order chi connectivity index (χ0) is 23.0. The highest BCUT2D eigenvalue weighted by Gasteiger charge is 2.30. The molecule has 8 heteroatoms. The summed E-state index contributed by atoms with van der Waals surface area (Å²) in [6, 6.07) is 4.45. The molecule has 31 heavy (non-hydrogen) atoms. The molecule has 0 spiro atoms. The number of carbonyl (C=O) groups is 1. The minimum absolute atomic E-state index is 0.0136. The van der Waals surface area contributed by atoms with Crippen molar-refractivity contribution in [2.75, 3.05) is 13.1 Å². The van der Waals surface area contributed by atoms with Crippen molar-refractivity contribution in [2.45, 2.75) is 51.8 Å². The van der Waals surface area contributed by atoms with E-state index in [1.165, 1.54) is 12.1 Å². The van der Waals surface area contributed by atoms with Crippen molar-refractivity contribution in [2.24, 2.45) is 0 Å². The van der Waals surface area contributed by atoms with Gasteiger partial charge in [-0.2, -0.15) is 13.2 Å². The number of nitrogens with zero attached hydrogens (tertiary/aromatic N) is 1. The first-order chi connectivity index (χ1) is 14.6. The summed E-state index contributed by atoms with van der Waals surface area (Å²) in [6.45, 7) is 6.08. The van der Waals surface area contributed by atoms with E-state index in [0.29, 0.717) is 47.5 Å². The molecule has 1 fully saturated rings. The standard InChI is InChI=1S/C23H27F4NO3/c1-3-5-20(22-16(2)6-4-12-28(22)13-11-23(25,26)27)31-15-17-7-8-18(19(24)14-17)9-10-21(29)30/h3,5,7-8,14H,2,4,6,9-13,15H2,1H3,(H,29,30)/b5-3-,22-20-. The lowest BCUT2D eigenvalue weighted by Crippen LogP contribution is -2.33. The lowest BCUT2D eigenvalue weighted by Gasteiger charge is -2.34. The van der Waals surface area contributed by atoms with E-state index in [2.05, 4.69) is 6.58 Å². The van der Waals surface area contributed by atoms with E-state index in [1.807, 2.05) is 0 Å². The summed E-state index contributed by atoms with van der Waals surface area (Å²) in [7, 11) is 0. The van der Waals surface area contributed by atoms with Crippen molar-refractivity contribution >= 4 is 5.97 Å². The molecule has 170 valence electrons. The zero-order valence-corrected chi connectivity index (χ0v) is 17.5. The number of ether oxygens (including phenoxy) is 1. The van der Waals surface area contributed by atoms with Gasteiger partial charge in [-0.25, -0.2) is 4.39 Å². The van der Waals surface area contributed by atoms with Crippen LogP contribution in [-0.4, -0.2) is 35.2 Å². The molecule has 0 bridgehead atoms. The summed E-state index contributed by atoms with van der Waals surface area (Å²) >= 11 is 0. The first kappa shape index (κ1) is 24.5. The SMILES string of the molecule is C=C1CCCN(CCC(F)(F)F)/C1=C(/C=C\C)OCc1ccc(CCC(=O)O)c(F)c1. The van der Waals surface area contributed by atoms with Gasteiger partial charge in [-0.1, -0.05) is 24.8 Å². The number of aliphatic carboxylic acids is 1. The molecule has 2 rings (SSSR count). The first-order valence-electron chi connectivity index (χ1n) is 10.1. The van der Waals surface area contributed by atoms with Gasteiger partial charge in [0.2, 0.25) is 0 Å². The number of piperidine rings is 1. The first-order valence-corrected chi connectivity index (χ1v) is 10.1. The molecule has 1 aliphatic rings. The van der Waals surface area contributed by atoms with Crippen molar-refractivity contribution in [3.05, 3.63) is 70.9 Å². The maximum atomic E-state index is 14.3. The third-order valence-corrected chi connectivity index (χ3v) is 4.89. The summed E-state index contributed by atoms with van der Waals surface area (Å²) in [6.07, 6.45) is -0.501. The summed E-state index contributed by atoms with van der Waals surface area (Å²) in [5.41, 5.74) is 2.09. The fraction of sp³-hybridized carbons (Fsp3) is 0.435. The number of carboxylic acid groups (broad SMARTS) is 1. The van der Waals surface area contributed by atoms with E-state index < -0.39 is 24.4 Å². The van der Waals surface area contributed by atoms with Gasteiger partial charge >= 0.3 is 12.1 Å². The second kappa shape index (κ2) is 11.0. The highest BCUT2D eigenvalue weighted by atomic mass is 19.4. The summed E-state index contributed by atoms with van der Waals surface area (Å²) in [5.74, 6) is -1.13. The number of rotatable bonds is 9. The highest BCUT2D eigenvalue weighted by Crippen LogP contribution is 2.31. The number of benzene rings is 1. The maximum absolute atomic E-state index is 14.3. The van der Waals surface area contributed by atoms with E-state index in [4.69, 9.17) is 9.84 Å². The number of allylic oxidation sites excluding steroid dienone is 3. The van der Waals surface area contributed by atoms with Crippen molar-refractivity contribution in [1.82, 2.24) is 4.90 Å². The number of alkyl halides is 3. The molecular weight excluding hydrogens is 414 g/mol. The smallest absolute Gasteiger partial charge is 0.390 e. The van der Waals surface area contributed by atoms with Crippen LogP contribution >= 0.6 is 0 Å². The average Bonchev–Trinajstić information content (AvgIpc) is 2.68. The third-order valence-electron chi connectivity index (χ3n) is 4.89. The maximum Gasteiger partial charge on any atom is 0.390 e. The van der Waals surface area contributed by atoms with Crippen LogP contribution in [0.15, 0.2) is 54.0 Å². The fourth-order valence-electron chi connectivity index (χ4n) is 3.39. The van der Waals surface area contributed by atoms with E-state index in [1.54, 1.807) is 30.0 Å². The molecule has 1 aromatic rings. The number of halogens is 4. The van der Waals surface area contributed by atoms with Crippen molar-refractivity contribution in [3.8, 4) is 0 Å². The molecule has 1 aliphatic heterocycles. The Morgan fingerprint density at radius 3 is 2.71 bits per heavy atom. The molecule has 0 aliphatic carbocycles. The summed E-state index contributed by atoms with van der Waals surface area (Å²) in [5, 5.41) is 8.74. The molecule has 0 amide bonds. The predicted molar refractivity (Wildman–Crippen MR) is 110 cm³/mol. The van der Waals surface area contributed by atoms with Gasteiger partial charge in [-0.05, 0) is 55.0 Å². The number of carboxylic acids is 1. The highest BCUT2D eigenvalue weighted by molar-refractivity contribution is 5.67. The number of aryl methyl sites for hydroxylation is 1. The predicted octanol–water partition coefficient (Wildman–Crippen LogP) is 5.75. The Hall–Kier alpha value is -2.77. The fourth-order valence-corrected chi connectivity index (χ4v) is 3.39. The van der Waals surface area contributed by atoms with Gasteiger partial charge < -0.3 is 14.7 Å². The Morgan fingerprint density at radius 2 is 2.10 bits per heavy atom. The van der Waals surface area contributed by atoms with Crippen LogP contribution in [0, 0.1) is 5.82 Å². The number of hydrogen-bond donors (Lipinski definition) is 1. The van der Waals surface area contributed by atoms with Crippen LogP contribution in [0.5, 0.6) is 0 Å². The van der Waals surface area contributed by atoms with E-state index in [9.17, 15) is 22.4 Å². The molecule has 1 N–H and O–H groups in total. The molecule has 1 aromatic carbocycles. The largest absolute Gasteiger partial charge is 0.487 e. The van der Waals surface area contributed by atoms with Gasteiger partial charge in [-0.15, -0.1) is 0 Å². The van der Waals surface area contributed by atoms with Crippen molar-refractivity contribution in [1.29, 1.82) is 0 Å². The quantitative estimate of drug-likeness (QED) is 0.392. The molecule has 0 saturated carbocycles. The van der Waals surface area contributed by atoms with Gasteiger partial charge in [0, 0.05) is 19.5 Å². The molecule has 1 saturated heterocycles. The number of likely N-dealkylation sites (tertiary alicyclic amines) is 1. The Kier molecular flexibility index (Phi) is 8.71. The Labute approximate surface area is 179 Å². The molecule has 4 nitrogen and oxygen atoms in total. The van der Waals surface area contributed by atoms with Crippen LogP contribution in [0.4, 0.5) is 17.6 Å². The molecule has 0 aromatic heterocycles. The van der Waals surface area contributed by atoms with E-state index in [0.717, 1.165) is 0 Å². The molecule has 0 unspecified atom stereocenters. The van der Waals surface area contributed by atoms with Crippen molar-refractivity contribution < 1.29 is 32.2 Å². The normalized spacial score (nSPS) is 16.7. The van der Waals surface area contributed by atoms with Crippen LogP contribution in [0.25, 0.3) is 0 Å². The summed E-state index contributed by atoms with van der Waals surface area (Å²) < 4.78 is 58.4. The molecule has 0 atom stereocenters. The van der Waals surface area contributed by atoms with E-state index >= 15 is 0 Å². The van der Waals surface area contributed by atoms with Crippen LogP contribution in [0.3, 0.4) is 0 Å². The third kappa shape index (κ3) is 7.77. The Bertz CT molecular complexity index is 859. The minimum Gasteiger partial charge on any atom is -0.487 e. The van der Waals surface area contributed by atoms with Gasteiger partial charge in [0.15, 0.2) is 0 Å². The molecular formula is C23H27F4NO3. The van der Waals surface area contributed by atoms with Crippen molar-refractivity contribution in [3.63, 3.8) is 0 Å². The second-order valence-corrected chi connectivity index (χ2v) is 7.38. The van der Waals surface area contributed by atoms with Gasteiger partial charge in [0.1, 0.15) is 18.2 Å². The van der Waals surface area contributed by atoms with Gasteiger partial charge in [0.05, 0.1) is 12.1 Å². The molecule has 0 radical (unpaired) electrons. The molecule has 1 heterocycles. The minimum atomic E-state index is -4.26. The Morgan fingerprint density at radius 1 is 1.35 bits per heavy atom. The Balaban J connectivity index is 2.19. The lowest BCUT2D eigenvalue weighted by molar-refractivity contribution is -0.138. The van der Waals surface area contributed by atoms with Crippen LogP contribution in [0.2, 0.25) is 0 Å². The van der Waals surface area contributed by atoms with Crippen LogP contribution < -0.4 is 0 Å². The monoisotopic (exact) mass is 441 g/mol. The average molecular weight is 441 g/mol. The topological polar surface area (TPSA) is 49.8 Å². The zero-order valence-electron chi connectivity index (χ0n) is 17.5. The number of hydrogen-bond acceptors (Lipinski definition) is 3. The summed E-state index contributed by atoms with van der Waals surface area (Å²) in [4.78, 5) is 12.3. The van der Waals surface area contributed by atoms with Gasteiger partial charge in [-0.3, -0.25) is 4.79 Å². The van der Waals surface area contributed by atoms with Crippen LogP contribution in [-0.2, 0) is 22.6 Å². The lowest BCUT2D eigenvalue weighted by atomic mass is 10.00. The van der Waals surface area contributed by atoms with E-state index in [-0.39, 0.29) is 26.0 Å².